The van der Waals surface area contributed by atoms with Gasteiger partial charge in [0.05, 0.1) is 16.3 Å². The van der Waals surface area contributed by atoms with E-state index in [9.17, 15) is 4.79 Å². The fourth-order valence-electron chi connectivity index (χ4n) is 3.12. The molecule has 1 aromatic rings. The molecule has 116 valence electrons. The number of hydrogen-bond donors (Lipinski definition) is 2. The first-order chi connectivity index (χ1) is 9.71. The van der Waals surface area contributed by atoms with Crippen LogP contribution >= 0.6 is 11.6 Å². The van der Waals surface area contributed by atoms with Crippen LogP contribution in [0.2, 0.25) is 5.02 Å². The van der Waals surface area contributed by atoms with Gasteiger partial charge in [0.2, 0.25) is 0 Å². The first-order valence-electron chi connectivity index (χ1n) is 7.33. The van der Waals surface area contributed by atoms with E-state index < -0.39 is 5.91 Å². The van der Waals surface area contributed by atoms with Gasteiger partial charge >= 0.3 is 0 Å². The van der Waals surface area contributed by atoms with Crippen LogP contribution in [0.25, 0.3) is 0 Å². The van der Waals surface area contributed by atoms with Crippen molar-refractivity contribution in [3.63, 3.8) is 0 Å². The van der Waals surface area contributed by atoms with E-state index in [1.807, 2.05) is 7.05 Å². The smallest absolute Gasteiger partial charge is 0.250 e. The third kappa shape index (κ3) is 3.43. The Hall–Kier alpha value is -1.42. The zero-order valence-corrected chi connectivity index (χ0v) is 13.7. The predicted molar refractivity (Wildman–Crippen MR) is 88.8 cm³/mol. The molecule has 1 aliphatic rings. The van der Waals surface area contributed by atoms with Crippen molar-refractivity contribution < 1.29 is 4.79 Å². The van der Waals surface area contributed by atoms with E-state index in [1.165, 1.54) is 12.8 Å². The van der Waals surface area contributed by atoms with Crippen LogP contribution in [0, 0.1) is 5.41 Å². The van der Waals surface area contributed by atoms with E-state index >= 15 is 0 Å². The molecule has 0 saturated heterocycles. The van der Waals surface area contributed by atoms with Gasteiger partial charge in [-0.2, -0.15) is 0 Å². The number of nitrogen functional groups attached to an aromatic ring is 1. The molecular formula is C16H24ClN3O. The third-order valence-corrected chi connectivity index (χ3v) is 4.85. The van der Waals surface area contributed by atoms with Crippen molar-refractivity contribution in [3.8, 4) is 0 Å². The number of carbonyl (C=O) groups is 1. The van der Waals surface area contributed by atoms with Gasteiger partial charge in [-0.05, 0) is 43.2 Å². The molecule has 0 aliphatic heterocycles. The highest BCUT2D eigenvalue weighted by atomic mass is 35.5. The van der Waals surface area contributed by atoms with Crippen LogP contribution in [0.1, 0.15) is 49.9 Å². The quantitative estimate of drug-likeness (QED) is 0.840. The van der Waals surface area contributed by atoms with Gasteiger partial charge in [0.25, 0.3) is 5.91 Å². The molecule has 0 unspecified atom stereocenters. The Morgan fingerprint density at radius 2 is 1.90 bits per heavy atom. The Labute approximate surface area is 131 Å². The maximum absolute atomic E-state index is 11.7. The molecule has 5 heteroatoms. The Kier molecular flexibility index (Phi) is 4.38. The first-order valence-corrected chi connectivity index (χ1v) is 7.71. The molecule has 21 heavy (non-hydrogen) atoms. The molecule has 0 radical (unpaired) electrons. The third-order valence-electron chi connectivity index (χ3n) is 4.56. The molecule has 2 rings (SSSR count). The second-order valence-corrected chi connectivity index (χ2v) is 7.18. The molecule has 1 amide bonds. The number of nitrogens with two attached hydrogens (primary N) is 2. The number of nitrogens with zero attached hydrogens (tertiary/aromatic N) is 1. The second kappa shape index (κ2) is 5.76. The standard InChI is InChI=1S/C16H24ClN3O/c1-16(2)6-4-11(5-7-16)20(3)14-12(15(19)21)8-10(18)9-13(14)17/h8-9,11H,4-7,18H2,1-3H3,(H2,19,21). The van der Waals surface area contributed by atoms with Gasteiger partial charge in [0.15, 0.2) is 0 Å². The van der Waals surface area contributed by atoms with Crippen LogP contribution in [0.15, 0.2) is 12.1 Å². The highest BCUT2D eigenvalue weighted by molar-refractivity contribution is 6.34. The van der Waals surface area contributed by atoms with Crippen molar-refractivity contribution >= 4 is 28.9 Å². The van der Waals surface area contributed by atoms with Gasteiger partial charge < -0.3 is 16.4 Å². The van der Waals surface area contributed by atoms with E-state index in [1.54, 1.807) is 12.1 Å². The van der Waals surface area contributed by atoms with Gasteiger partial charge in [-0.1, -0.05) is 25.4 Å². The summed E-state index contributed by atoms with van der Waals surface area (Å²) in [5.74, 6) is -0.498. The lowest BCUT2D eigenvalue weighted by atomic mass is 9.75. The Bertz CT molecular complexity index is 547. The normalized spacial score (nSPS) is 18.5. The van der Waals surface area contributed by atoms with Gasteiger partial charge in [0, 0.05) is 18.8 Å². The summed E-state index contributed by atoms with van der Waals surface area (Å²) in [5, 5.41) is 0.483. The highest BCUT2D eigenvalue weighted by Gasteiger charge is 2.30. The molecule has 0 aromatic heterocycles. The number of amides is 1. The molecule has 4 N–H and O–H groups in total. The largest absolute Gasteiger partial charge is 0.399 e. The molecule has 0 spiro atoms. The van der Waals surface area contributed by atoms with E-state index in [0.717, 1.165) is 12.8 Å². The summed E-state index contributed by atoms with van der Waals surface area (Å²) in [6, 6.07) is 3.65. The number of primary amides is 1. The summed E-state index contributed by atoms with van der Waals surface area (Å²) in [7, 11) is 1.98. The lowest BCUT2D eigenvalue weighted by Crippen LogP contribution is -2.38. The molecule has 1 saturated carbocycles. The highest BCUT2D eigenvalue weighted by Crippen LogP contribution is 2.40. The van der Waals surface area contributed by atoms with Crippen LogP contribution < -0.4 is 16.4 Å². The van der Waals surface area contributed by atoms with Crippen LogP contribution in [0.4, 0.5) is 11.4 Å². The number of rotatable bonds is 3. The van der Waals surface area contributed by atoms with E-state index in [2.05, 4.69) is 18.7 Å². The van der Waals surface area contributed by atoms with Crippen LogP contribution in [-0.4, -0.2) is 19.0 Å². The van der Waals surface area contributed by atoms with E-state index in [0.29, 0.717) is 33.4 Å². The van der Waals surface area contributed by atoms with Gasteiger partial charge in [-0.15, -0.1) is 0 Å². The fourth-order valence-corrected chi connectivity index (χ4v) is 3.48. The Morgan fingerprint density at radius 1 is 1.33 bits per heavy atom. The molecule has 0 heterocycles. The molecule has 0 atom stereocenters. The topological polar surface area (TPSA) is 72.3 Å². The maximum atomic E-state index is 11.7. The van der Waals surface area contributed by atoms with Crippen molar-refractivity contribution in [2.45, 2.75) is 45.6 Å². The van der Waals surface area contributed by atoms with Gasteiger partial charge in [-0.25, -0.2) is 0 Å². The fraction of sp³-hybridized carbons (Fsp3) is 0.562. The predicted octanol–water partition coefficient (Wildman–Crippen LogP) is 3.43. The maximum Gasteiger partial charge on any atom is 0.250 e. The van der Waals surface area contributed by atoms with Gasteiger partial charge in [0.1, 0.15) is 0 Å². The first kappa shape index (κ1) is 16.0. The summed E-state index contributed by atoms with van der Waals surface area (Å²) in [4.78, 5) is 13.8. The Balaban J connectivity index is 2.31. The van der Waals surface area contributed by atoms with Crippen LogP contribution in [-0.2, 0) is 0 Å². The van der Waals surface area contributed by atoms with Crippen molar-refractivity contribution in [2.24, 2.45) is 11.1 Å². The average Bonchev–Trinajstić information content (AvgIpc) is 2.37. The minimum Gasteiger partial charge on any atom is -0.399 e. The minimum atomic E-state index is -0.498. The number of benzene rings is 1. The molecule has 4 nitrogen and oxygen atoms in total. The lowest BCUT2D eigenvalue weighted by Gasteiger charge is -2.40. The van der Waals surface area contributed by atoms with Crippen LogP contribution in [0.3, 0.4) is 0 Å². The summed E-state index contributed by atoms with van der Waals surface area (Å²) in [6.07, 6.45) is 4.51. The SMILES string of the molecule is CN(c1c(Cl)cc(N)cc1C(N)=O)C1CCC(C)(C)CC1. The minimum absolute atomic E-state index is 0.372. The molecule has 1 fully saturated rings. The Morgan fingerprint density at radius 3 is 2.43 bits per heavy atom. The number of carbonyl (C=O) groups excluding carboxylic acids is 1. The molecule has 0 bridgehead atoms. The number of halogens is 1. The van der Waals surface area contributed by atoms with Crippen molar-refractivity contribution in [2.75, 3.05) is 17.7 Å². The second-order valence-electron chi connectivity index (χ2n) is 6.77. The number of anilines is 2. The van der Waals surface area contributed by atoms with Crippen molar-refractivity contribution in [1.29, 1.82) is 0 Å². The summed E-state index contributed by atoms with van der Waals surface area (Å²) < 4.78 is 0. The monoisotopic (exact) mass is 309 g/mol. The lowest BCUT2D eigenvalue weighted by molar-refractivity contribution is 0.100. The summed E-state index contributed by atoms with van der Waals surface area (Å²) >= 11 is 6.32. The molecule has 1 aromatic carbocycles. The zero-order valence-electron chi connectivity index (χ0n) is 12.9. The van der Waals surface area contributed by atoms with Gasteiger partial charge in [-0.3, -0.25) is 4.79 Å². The zero-order chi connectivity index (χ0) is 15.8. The molecule has 1 aliphatic carbocycles. The van der Waals surface area contributed by atoms with E-state index in [4.69, 9.17) is 23.1 Å². The number of hydrogen-bond acceptors (Lipinski definition) is 3. The van der Waals surface area contributed by atoms with E-state index in [-0.39, 0.29) is 0 Å². The summed E-state index contributed by atoms with van der Waals surface area (Å²) in [5.41, 5.74) is 13.2. The summed E-state index contributed by atoms with van der Waals surface area (Å²) in [6.45, 7) is 4.60. The molecular weight excluding hydrogens is 286 g/mol. The average molecular weight is 310 g/mol. The van der Waals surface area contributed by atoms with Crippen LogP contribution in [0.5, 0.6) is 0 Å². The van der Waals surface area contributed by atoms with Crippen molar-refractivity contribution in [3.05, 3.63) is 22.7 Å². The van der Waals surface area contributed by atoms with Crippen molar-refractivity contribution in [1.82, 2.24) is 0 Å².